The number of aromatic hydroxyl groups is 1. The first-order valence-electron chi connectivity index (χ1n) is 6.18. The van der Waals surface area contributed by atoms with Crippen molar-refractivity contribution in [3.63, 3.8) is 0 Å². The van der Waals surface area contributed by atoms with E-state index in [1.165, 1.54) is 18.2 Å². The summed E-state index contributed by atoms with van der Waals surface area (Å²) < 4.78 is 0. The predicted octanol–water partition coefficient (Wildman–Crippen LogP) is 2.28. The summed E-state index contributed by atoms with van der Waals surface area (Å²) >= 11 is 0. The first kappa shape index (κ1) is 19.7. The van der Waals surface area contributed by atoms with Gasteiger partial charge in [0.25, 0.3) is 5.69 Å². The standard InChI is InChI=1S/C13H17N3O3.2ClH/c1-2-12(15-7-5-14-6-8-15)11-9-10(17)3-4-13(11)16(18)19;;/h2-4,9,12,14,17H,1,5-8H2;2*1H/t12-;;/m1../s1. The lowest BCUT2D eigenvalue weighted by Gasteiger charge is -2.33. The van der Waals surface area contributed by atoms with E-state index in [9.17, 15) is 15.2 Å². The van der Waals surface area contributed by atoms with Gasteiger partial charge in [0.1, 0.15) is 5.75 Å². The molecule has 1 heterocycles. The van der Waals surface area contributed by atoms with Gasteiger partial charge >= 0.3 is 0 Å². The second kappa shape index (κ2) is 8.84. The van der Waals surface area contributed by atoms with Crippen molar-refractivity contribution in [1.82, 2.24) is 10.2 Å². The summed E-state index contributed by atoms with van der Waals surface area (Å²) in [6.45, 7) is 7.06. The van der Waals surface area contributed by atoms with Gasteiger partial charge in [0, 0.05) is 32.2 Å². The van der Waals surface area contributed by atoms with Crippen LogP contribution < -0.4 is 5.32 Å². The van der Waals surface area contributed by atoms with Gasteiger partial charge in [-0.05, 0) is 12.1 Å². The maximum atomic E-state index is 11.1. The van der Waals surface area contributed by atoms with Crippen LogP contribution in [0.1, 0.15) is 11.6 Å². The Morgan fingerprint density at radius 3 is 2.52 bits per heavy atom. The summed E-state index contributed by atoms with van der Waals surface area (Å²) in [5.41, 5.74) is 0.503. The Hall–Kier alpha value is -1.34. The number of phenols is 1. The normalized spacial score (nSPS) is 16.2. The van der Waals surface area contributed by atoms with Crippen LogP contribution in [0.15, 0.2) is 30.9 Å². The molecule has 1 aromatic rings. The van der Waals surface area contributed by atoms with E-state index < -0.39 is 4.92 Å². The number of rotatable bonds is 4. The van der Waals surface area contributed by atoms with Crippen molar-refractivity contribution in [3.8, 4) is 5.75 Å². The molecule has 1 aliphatic heterocycles. The lowest BCUT2D eigenvalue weighted by atomic mass is 10.0. The number of nitro groups is 1. The second-order valence-corrected chi connectivity index (χ2v) is 4.47. The Bertz CT molecular complexity index is 494. The topological polar surface area (TPSA) is 78.6 Å². The number of nitro benzene ring substituents is 1. The molecule has 6 nitrogen and oxygen atoms in total. The van der Waals surface area contributed by atoms with E-state index in [1.54, 1.807) is 6.08 Å². The van der Waals surface area contributed by atoms with Gasteiger partial charge in [0.15, 0.2) is 0 Å². The molecule has 0 aliphatic carbocycles. The second-order valence-electron chi connectivity index (χ2n) is 4.47. The van der Waals surface area contributed by atoms with Crippen LogP contribution in [0.4, 0.5) is 5.69 Å². The molecule has 0 spiro atoms. The molecular weight excluding hydrogens is 317 g/mol. The number of phenolic OH excluding ortho intramolecular Hbond substituents is 1. The van der Waals surface area contributed by atoms with Gasteiger partial charge in [-0.3, -0.25) is 15.0 Å². The number of nitrogens with one attached hydrogen (secondary N) is 1. The summed E-state index contributed by atoms with van der Waals surface area (Å²) in [6, 6.07) is 3.87. The molecule has 0 aromatic heterocycles. The zero-order chi connectivity index (χ0) is 13.8. The molecule has 21 heavy (non-hydrogen) atoms. The summed E-state index contributed by atoms with van der Waals surface area (Å²) in [6.07, 6.45) is 1.69. The molecule has 118 valence electrons. The Morgan fingerprint density at radius 2 is 2.00 bits per heavy atom. The number of benzene rings is 1. The fourth-order valence-electron chi connectivity index (χ4n) is 2.38. The predicted molar refractivity (Wildman–Crippen MR) is 86.6 cm³/mol. The number of nitrogens with zero attached hydrogens (tertiary/aromatic N) is 2. The summed E-state index contributed by atoms with van der Waals surface area (Å²) in [5.74, 6) is 0.0302. The molecule has 1 fully saturated rings. The van der Waals surface area contributed by atoms with Gasteiger partial charge in [0.05, 0.1) is 16.5 Å². The van der Waals surface area contributed by atoms with Crippen LogP contribution in [0.2, 0.25) is 0 Å². The number of piperazine rings is 1. The van der Waals surface area contributed by atoms with E-state index in [-0.39, 0.29) is 42.3 Å². The van der Waals surface area contributed by atoms with Crippen molar-refractivity contribution < 1.29 is 10.0 Å². The van der Waals surface area contributed by atoms with Gasteiger partial charge in [-0.2, -0.15) is 0 Å². The number of halogens is 2. The van der Waals surface area contributed by atoms with E-state index in [0.717, 1.165) is 26.2 Å². The molecule has 0 saturated carbocycles. The largest absolute Gasteiger partial charge is 0.508 e. The Labute approximate surface area is 135 Å². The van der Waals surface area contributed by atoms with Crippen LogP contribution in [-0.2, 0) is 0 Å². The first-order chi connectivity index (χ1) is 9.13. The van der Waals surface area contributed by atoms with Gasteiger partial charge in [0.2, 0.25) is 0 Å². The van der Waals surface area contributed by atoms with Crippen LogP contribution in [0, 0.1) is 10.1 Å². The average Bonchev–Trinajstić information content (AvgIpc) is 2.40. The lowest BCUT2D eigenvalue weighted by Crippen LogP contribution is -2.44. The van der Waals surface area contributed by atoms with Crippen LogP contribution in [0.25, 0.3) is 0 Å². The van der Waals surface area contributed by atoms with Crippen molar-refractivity contribution in [2.75, 3.05) is 26.2 Å². The molecule has 0 radical (unpaired) electrons. The van der Waals surface area contributed by atoms with Crippen LogP contribution >= 0.6 is 24.8 Å². The smallest absolute Gasteiger partial charge is 0.274 e. The van der Waals surface area contributed by atoms with Gasteiger partial charge in [-0.15, -0.1) is 31.4 Å². The Kier molecular flexibility index (Phi) is 8.27. The zero-order valence-corrected chi connectivity index (χ0v) is 13.0. The van der Waals surface area contributed by atoms with E-state index in [4.69, 9.17) is 0 Å². The third-order valence-electron chi connectivity index (χ3n) is 3.29. The number of hydrogen-bond acceptors (Lipinski definition) is 5. The van der Waals surface area contributed by atoms with Crippen molar-refractivity contribution in [3.05, 3.63) is 46.5 Å². The van der Waals surface area contributed by atoms with Crippen LogP contribution in [0.3, 0.4) is 0 Å². The SMILES string of the molecule is C=C[C@H](c1cc(O)ccc1[N+](=O)[O-])N1CCNCC1.Cl.Cl. The number of hydrogen-bond donors (Lipinski definition) is 2. The minimum Gasteiger partial charge on any atom is -0.508 e. The maximum Gasteiger partial charge on any atom is 0.274 e. The van der Waals surface area contributed by atoms with Gasteiger partial charge in [-0.25, -0.2) is 0 Å². The van der Waals surface area contributed by atoms with Gasteiger partial charge in [-0.1, -0.05) is 6.08 Å². The average molecular weight is 336 g/mol. The van der Waals surface area contributed by atoms with Crippen molar-refractivity contribution in [2.24, 2.45) is 0 Å². The molecular formula is C13H19Cl2N3O3. The Morgan fingerprint density at radius 1 is 1.38 bits per heavy atom. The molecule has 0 bridgehead atoms. The molecule has 1 aliphatic rings. The highest BCUT2D eigenvalue weighted by molar-refractivity contribution is 5.85. The monoisotopic (exact) mass is 335 g/mol. The van der Waals surface area contributed by atoms with E-state index in [2.05, 4.69) is 16.8 Å². The quantitative estimate of drug-likeness (QED) is 0.501. The highest BCUT2D eigenvalue weighted by atomic mass is 35.5. The summed E-state index contributed by atoms with van der Waals surface area (Å²) in [7, 11) is 0. The first-order valence-corrected chi connectivity index (χ1v) is 6.18. The fourth-order valence-corrected chi connectivity index (χ4v) is 2.38. The Balaban J connectivity index is 0.00000200. The minimum absolute atomic E-state index is 0. The van der Waals surface area contributed by atoms with Crippen molar-refractivity contribution >= 4 is 30.5 Å². The van der Waals surface area contributed by atoms with E-state index >= 15 is 0 Å². The highest BCUT2D eigenvalue weighted by Crippen LogP contribution is 2.33. The molecule has 2 rings (SSSR count). The minimum atomic E-state index is -0.423. The van der Waals surface area contributed by atoms with E-state index in [1.807, 2.05) is 0 Å². The summed E-state index contributed by atoms with van der Waals surface area (Å²) in [5, 5.41) is 23.9. The third-order valence-corrected chi connectivity index (χ3v) is 3.29. The van der Waals surface area contributed by atoms with Crippen LogP contribution in [-0.4, -0.2) is 41.1 Å². The fraction of sp³-hybridized carbons (Fsp3) is 0.385. The molecule has 1 aromatic carbocycles. The molecule has 0 amide bonds. The molecule has 8 heteroatoms. The zero-order valence-electron chi connectivity index (χ0n) is 11.4. The van der Waals surface area contributed by atoms with Crippen molar-refractivity contribution in [1.29, 1.82) is 0 Å². The third kappa shape index (κ3) is 4.57. The highest BCUT2D eigenvalue weighted by Gasteiger charge is 2.26. The maximum absolute atomic E-state index is 11.1. The molecule has 1 atom stereocenters. The molecule has 0 unspecified atom stereocenters. The summed E-state index contributed by atoms with van der Waals surface area (Å²) in [4.78, 5) is 12.8. The lowest BCUT2D eigenvalue weighted by molar-refractivity contribution is -0.385. The van der Waals surface area contributed by atoms with Gasteiger partial charge < -0.3 is 10.4 Å². The van der Waals surface area contributed by atoms with Crippen molar-refractivity contribution in [2.45, 2.75) is 6.04 Å². The van der Waals surface area contributed by atoms with Crippen LogP contribution in [0.5, 0.6) is 5.75 Å². The molecule has 2 N–H and O–H groups in total. The molecule has 1 saturated heterocycles. The van der Waals surface area contributed by atoms with E-state index in [0.29, 0.717) is 5.56 Å².